The number of hydrogen-bond acceptors (Lipinski definition) is 6. The minimum absolute atomic E-state index is 0.110. The molecule has 0 spiro atoms. The molecule has 1 fully saturated rings. The van der Waals surface area contributed by atoms with Crippen molar-refractivity contribution in [3.63, 3.8) is 0 Å². The van der Waals surface area contributed by atoms with Gasteiger partial charge in [0, 0.05) is 22.9 Å². The van der Waals surface area contributed by atoms with Gasteiger partial charge in [-0.15, -0.1) is 0 Å². The fraction of sp³-hybridized carbons (Fsp3) is 0.222. The molecule has 0 atom stereocenters. The number of amides is 1. The summed E-state index contributed by atoms with van der Waals surface area (Å²) in [5.41, 5.74) is 1.14. The van der Waals surface area contributed by atoms with Crippen LogP contribution in [0.2, 0.25) is 0 Å². The predicted molar refractivity (Wildman–Crippen MR) is 138 cm³/mol. The van der Waals surface area contributed by atoms with E-state index in [4.69, 9.17) is 9.72 Å². The quantitative estimate of drug-likeness (QED) is 0.425. The van der Waals surface area contributed by atoms with Crippen LogP contribution in [0.3, 0.4) is 0 Å². The molecule has 4 aromatic rings. The van der Waals surface area contributed by atoms with Crippen LogP contribution in [0.4, 0.5) is 5.69 Å². The first-order chi connectivity index (χ1) is 17.2. The van der Waals surface area contributed by atoms with Gasteiger partial charge in [-0.05, 0) is 36.4 Å². The highest BCUT2D eigenvalue weighted by molar-refractivity contribution is 7.99. The van der Waals surface area contributed by atoms with E-state index in [1.165, 1.54) is 4.57 Å². The maximum atomic E-state index is 13.4. The van der Waals surface area contributed by atoms with E-state index in [1.807, 2.05) is 72.8 Å². The first-order valence-corrected chi connectivity index (χ1v) is 12.4. The summed E-state index contributed by atoms with van der Waals surface area (Å²) in [6, 6.07) is 24.9. The van der Waals surface area contributed by atoms with Crippen molar-refractivity contribution in [2.45, 2.75) is 22.9 Å². The van der Waals surface area contributed by atoms with Crippen LogP contribution in [0.25, 0.3) is 10.9 Å². The van der Waals surface area contributed by atoms with Crippen molar-refractivity contribution in [3.8, 4) is 0 Å². The van der Waals surface area contributed by atoms with Gasteiger partial charge in [0.05, 0.1) is 36.3 Å². The molecule has 0 saturated carbocycles. The Bertz CT molecular complexity index is 1380. The van der Waals surface area contributed by atoms with Crippen LogP contribution in [0.15, 0.2) is 93.4 Å². The lowest BCUT2D eigenvalue weighted by molar-refractivity contribution is -0.116. The van der Waals surface area contributed by atoms with Gasteiger partial charge in [-0.2, -0.15) is 0 Å². The standard InChI is InChI=1S/C27H26N4O3S/c32-26(29-23-12-6-7-13-24(23)35-20-8-2-1-3-9-20)19-31-25(18-30-14-16-34-17-15-30)28-22-11-5-4-10-21(22)27(31)33/h1-13H,14-19H2,(H,29,32). The zero-order valence-corrected chi connectivity index (χ0v) is 20.0. The molecule has 1 N–H and O–H groups in total. The Hall–Kier alpha value is -3.46. The zero-order chi connectivity index (χ0) is 24.0. The SMILES string of the molecule is O=C(Cn1c(CN2CCOCC2)nc2ccccc2c1=O)Nc1ccccc1Sc1ccccc1. The smallest absolute Gasteiger partial charge is 0.261 e. The Morgan fingerprint density at radius 1 is 0.943 bits per heavy atom. The van der Waals surface area contributed by atoms with Crippen molar-refractivity contribution in [1.29, 1.82) is 0 Å². The summed E-state index contributed by atoms with van der Waals surface area (Å²) in [6.07, 6.45) is 0. The van der Waals surface area contributed by atoms with Gasteiger partial charge in [0.15, 0.2) is 0 Å². The molecule has 1 saturated heterocycles. The molecule has 0 aliphatic carbocycles. The first-order valence-electron chi connectivity index (χ1n) is 11.6. The number of benzene rings is 3. The third kappa shape index (κ3) is 5.62. The van der Waals surface area contributed by atoms with Gasteiger partial charge in [-0.1, -0.05) is 54.2 Å². The molecule has 1 aromatic heterocycles. The number of nitrogens with one attached hydrogen (secondary N) is 1. The summed E-state index contributed by atoms with van der Waals surface area (Å²) in [7, 11) is 0. The predicted octanol–water partition coefficient (Wildman–Crippen LogP) is 4.02. The van der Waals surface area contributed by atoms with E-state index in [2.05, 4.69) is 10.2 Å². The molecule has 1 aliphatic rings. The van der Waals surface area contributed by atoms with Crippen molar-refractivity contribution in [2.75, 3.05) is 31.6 Å². The van der Waals surface area contributed by atoms with E-state index in [0.29, 0.717) is 42.2 Å². The second-order valence-electron chi connectivity index (χ2n) is 8.28. The summed E-state index contributed by atoms with van der Waals surface area (Å²) in [6.45, 7) is 3.19. The molecule has 0 radical (unpaired) electrons. The number of aromatic nitrogens is 2. The number of carbonyl (C=O) groups is 1. The molecule has 5 rings (SSSR count). The lowest BCUT2D eigenvalue weighted by atomic mass is 10.2. The average Bonchev–Trinajstić information content (AvgIpc) is 2.89. The second-order valence-corrected chi connectivity index (χ2v) is 9.40. The van der Waals surface area contributed by atoms with Crippen LogP contribution >= 0.6 is 11.8 Å². The van der Waals surface area contributed by atoms with Crippen LogP contribution in [-0.2, 0) is 22.6 Å². The van der Waals surface area contributed by atoms with E-state index < -0.39 is 0 Å². The van der Waals surface area contributed by atoms with Crippen molar-refractivity contribution in [2.24, 2.45) is 0 Å². The summed E-state index contributed by atoms with van der Waals surface area (Å²) in [4.78, 5) is 35.5. The largest absolute Gasteiger partial charge is 0.379 e. The van der Waals surface area contributed by atoms with E-state index in [9.17, 15) is 9.59 Å². The highest BCUT2D eigenvalue weighted by Crippen LogP contribution is 2.33. The highest BCUT2D eigenvalue weighted by Gasteiger charge is 2.19. The Morgan fingerprint density at radius 3 is 2.49 bits per heavy atom. The summed E-state index contributed by atoms with van der Waals surface area (Å²) in [5.74, 6) is 0.311. The van der Waals surface area contributed by atoms with Crippen LogP contribution in [-0.4, -0.2) is 46.7 Å². The number of rotatable bonds is 7. The number of carbonyl (C=O) groups excluding carboxylic acids is 1. The molecule has 2 heterocycles. The minimum atomic E-state index is -0.270. The molecule has 0 unspecified atom stereocenters. The van der Waals surface area contributed by atoms with Gasteiger partial charge in [-0.25, -0.2) is 4.98 Å². The molecular weight excluding hydrogens is 460 g/mol. The number of hydrogen-bond donors (Lipinski definition) is 1. The lowest BCUT2D eigenvalue weighted by Gasteiger charge is -2.27. The van der Waals surface area contributed by atoms with Crippen LogP contribution in [0.1, 0.15) is 5.82 Å². The summed E-state index contributed by atoms with van der Waals surface area (Å²) < 4.78 is 6.95. The number of ether oxygens (including phenoxy) is 1. The third-order valence-electron chi connectivity index (χ3n) is 5.84. The van der Waals surface area contributed by atoms with E-state index >= 15 is 0 Å². The third-order valence-corrected chi connectivity index (χ3v) is 6.93. The molecule has 3 aromatic carbocycles. The first kappa shape index (κ1) is 23.3. The van der Waals surface area contributed by atoms with Crippen LogP contribution in [0, 0.1) is 0 Å². The maximum Gasteiger partial charge on any atom is 0.261 e. The van der Waals surface area contributed by atoms with Gasteiger partial charge in [0.2, 0.25) is 5.91 Å². The second kappa shape index (κ2) is 10.9. The zero-order valence-electron chi connectivity index (χ0n) is 19.2. The van der Waals surface area contributed by atoms with Gasteiger partial charge in [0.25, 0.3) is 5.56 Å². The number of anilines is 1. The Kier molecular flexibility index (Phi) is 7.23. The van der Waals surface area contributed by atoms with Gasteiger partial charge in [-0.3, -0.25) is 19.1 Å². The fourth-order valence-electron chi connectivity index (χ4n) is 4.06. The van der Waals surface area contributed by atoms with E-state index in [-0.39, 0.29) is 18.0 Å². The number of fused-ring (bicyclic) bond motifs is 1. The maximum absolute atomic E-state index is 13.4. The fourth-order valence-corrected chi connectivity index (χ4v) is 4.99. The Labute approximate surface area is 207 Å². The lowest BCUT2D eigenvalue weighted by Crippen LogP contribution is -2.39. The molecule has 1 amide bonds. The van der Waals surface area contributed by atoms with Crippen molar-refractivity contribution >= 4 is 34.3 Å². The summed E-state index contributed by atoms with van der Waals surface area (Å²) >= 11 is 1.58. The molecule has 1 aliphatic heterocycles. The average molecular weight is 487 g/mol. The molecule has 35 heavy (non-hydrogen) atoms. The van der Waals surface area contributed by atoms with E-state index in [1.54, 1.807) is 17.8 Å². The molecule has 0 bridgehead atoms. The monoisotopic (exact) mass is 486 g/mol. The topological polar surface area (TPSA) is 76.5 Å². The number of nitrogens with zero attached hydrogens (tertiary/aromatic N) is 3. The van der Waals surface area contributed by atoms with Crippen LogP contribution < -0.4 is 10.9 Å². The highest BCUT2D eigenvalue weighted by atomic mass is 32.2. The van der Waals surface area contributed by atoms with Gasteiger partial charge < -0.3 is 10.1 Å². The minimum Gasteiger partial charge on any atom is -0.379 e. The number of morpholine rings is 1. The normalized spacial score (nSPS) is 14.2. The van der Waals surface area contributed by atoms with Gasteiger partial charge in [0.1, 0.15) is 12.4 Å². The molecule has 7 nitrogen and oxygen atoms in total. The van der Waals surface area contributed by atoms with E-state index in [0.717, 1.165) is 22.9 Å². The molecule has 178 valence electrons. The Balaban J connectivity index is 1.41. The van der Waals surface area contributed by atoms with Crippen molar-refractivity contribution < 1.29 is 9.53 Å². The Morgan fingerprint density at radius 2 is 1.66 bits per heavy atom. The van der Waals surface area contributed by atoms with Gasteiger partial charge >= 0.3 is 0 Å². The molecular formula is C27H26N4O3S. The van der Waals surface area contributed by atoms with Crippen molar-refractivity contribution in [1.82, 2.24) is 14.5 Å². The summed E-state index contributed by atoms with van der Waals surface area (Å²) in [5, 5.41) is 3.51. The molecule has 8 heteroatoms. The number of para-hydroxylation sites is 2. The van der Waals surface area contributed by atoms with Crippen molar-refractivity contribution in [3.05, 3.63) is 95.0 Å². The van der Waals surface area contributed by atoms with Crippen LogP contribution in [0.5, 0.6) is 0 Å².